The van der Waals surface area contributed by atoms with Crippen LogP contribution in [0.2, 0.25) is 0 Å². The van der Waals surface area contributed by atoms with Gasteiger partial charge in [0, 0.05) is 11.5 Å². The molecule has 0 spiro atoms. The van der Waals surface area contributed by atoms with Crippen molar-refractivity contribution in [3.8, 4) is 0 Å². The molecule has 19 heavy (non-hydrogen) atoms. The highest BCUT2D eigenvalue weighted by Gasteiger charge is 2.26. The Balaban J connectivity index is 3.11. The standard InChI is InChI=1S/C14H26N4O/c1-6-14(7-2,9-19)18-11-8-10(15)16-12(17-11)13(3,4)5/h8,19H,6-7,9H2,1-5H3,(H3,15,16,17,18). The molecular formula is C14H26N4O. The maximum absolute atomic E-state index is 9.60. The Hall–Kier alpha value is -1.36. The summed E-state index contributed by atoms with van der Waals surface area (Å²) in [5.41, 5.74) is 5.33. The molecule has 1 aromatic heterocycles. The van der Waals surface area contributed by atoms with Crippen LogP contribution in [-0.4, -0.2) is 27.2 Å². The summed E-state index contributed by atoms with van der Waals surface area (Å²) in [6.07, 6.45) is 1.63. The summed E-state index contributed by atoms with van der Waals surface area (Å²) in [5.74, 6) is 1.82. The minimum Gasteiger partial charge on any atom is -0.394 e. The number of anilines is 2. The predicted octanol–water partition coefficient (Wildman–Crippen LogP) is 2.32. The van der Waals surface area contributed by atoms with E-state index in [1.807, 2.05) is 34.6 Å². The molecule has 5 heteroatoms. The lowest BCUT2D eigenvalue weighted by molar-refractivity contribution is 0.202. The Labute approximate surface area is 115 Å². The molecule has 0 saturated heterocycles. The smallest absolute Gasteiger partial charge is 0.138 e. The Morgan fingerprint density at radius 1 is 1.21 bits per heavy atom. The predicted molar refractivity (Wildman–Crippen MR) is 79.2 cm³/mol. The van der Waals surface area contributed by atoms with Crippen molar-refractivity contribution < 1.29 is 5.11 Å². The molecular weight excluding hydrogens is 240 g/mol. The van der Waals surface area contributed by atoms with Gasteiger partial charge in [0.1, 0.15) is 17.5 Å². The van der Waals surface area contributed by atoms with Gasteiger partial charge >= 0.3 is 0 Å². The van der Waals surface area contributed by atoms with Crippen molar-refractivity contribution in [2.75, 3.05) is 17.7 Å². The average molecular weight is 266 g/mol. The van der Waals surface area contributed by atoms with E-state index in [1.54, 1.807) is 6.07 Å². The number of rotatable bonds is 5. The topological polar surface area (TPSA) is 84.1 Å². The first-order chi connectivity index (χ1) is 8.76. The van der Waals surface area contributed by atoms with E-state index in [0.717, 1.165) is 12.8 Å². The van der Waals surface area contributed by atoms with Crippen molar-refractivity contribution in [3.63, 3.8) is 0 Å². The Morgan fingerprint density at radius 2 is 1.79 bits per heavy atom. The number of hydrogen-bond acceptors (Lipinski definition) is 5. The van der Waals surface area contributed by atoms with E-state index in [-0.39, 0.29) is 17.6 Å². The van der Waals surface area contributed by atoms with E-state index in [0.29, 0.717) is 17.5 Å². The van der Waals surface area contributed by atoms with Gasteiger partial charge in [-0.15, -0.1) is 0 Å². The SMILES string of the molecule is CCC(CC)(CO)Nc1cc(N)nc(C(C)(C)C)n1. The first kappa shape index (κ1) is 15.7. The minimum absolute atomic E-state index is 0.0642. The van der Waals surface area contributed by atoms with Gasteiger partial charge in [-0.05, 0) is 12.8 Å². The van der Waals surface area contributed by atoms with Crippen LogP contribution in [0.1, 0.15) is 53.3 Å². The van der Waals surface area contributed by atoms with E-state index in [4.69, 9.17) is 5.73 Å². The van der Waals surface area contributed by atoms with Crippen LogP contribution in [0.4, 0.5) is 11.6 Å². The monoisotopic (exact) mass is 266 g/mol. The number of nitrogens with one attached hydrogen (secondary N) is 1. The number of aliphatic hydroxyl groups excluding tert-OH is 1. The summed E-state index contributed by atoms with van der Waals surface area (Å²) in [6, 6.07) is 1.71. The van der Waals surface area contributed by atoms with Crippen LogP contribution in [0, 0.1) is 0 Å². The van der Waals surface area contributed by atoms with Crippen LogP contribution in [-0.2, 0) is 5.41 Å². The minimum atomic E-state index is -0.351. The van der Waals surface area contributed by atoms with E-state index in [2.05, 4.69) is 15.3 Å². The highest BCUT2D eigenvalue weighted by molar-refractivity contribution is 5.47. The number of aliphatic hydroxyl groups is 1. The van der Waals surface area contributed by atoms with Crippen LogP contribution in [0.15, 0.2) is 6.07 Å². The molecule has 1 rings (SSSR count). The van der Waals surface area contributed by atoms with Gasteiger partial charge in [-0.25, -0.2) is 9.97 Å². The first-order valence-corrected chi connectivity index (χ1v) is 6.80. The third-order valence-corrected chi connectivity index (χ3v) is 3.47. The number of hydrogen-bond donors (Lipinski definition) is 3. The van der Waals surface area contributed by atoms with E-state index in [9.17, 15) is 5.11 Å². The molecule has 4 N–H and O–H groups in total. The Morgan fingerprint density at radius 3 is 2.21 bits per heavy atom. The van der Waals surface area contributed by atoms with Crippen molar-refractivity contribution in [2.24, 2.45) is 0 Å². The second-order valence-electron chi connectivity index (χ2n) is 6.02. The molecule has 5 nitrogen and oxygen atoms in total. The molecule has 0 aliphatic heterocycles. The fourth-order valence-corrected chi connectivity index (χ4v) is 1.83. The Bertz CT molecular complexity index is 414. The summed E-state index contributed by atoms with van der Waals surface area (Å²) in [6.45, 7) is 10.3. The van der Waals surface area contributed by atoms with Gasteiger partial charge in [0.15, 0.2) is 0 Å². The highest BCUT2D eigenvalue weighted by atomic mass is 16.3. The third kappa shape index (κ3) is 3.80. The summed E-state index contributed by atoms with van der Waals surface area (Å²) < 4.78 is 0. The molecule has 0 fully saturated rings. The largest absolute Gasteiger partial charge is 0.394 e. The quantitative estimate of drug-likeness (QED) is 0.761. The van der Waals surface area contributed by atoms with Crippen LogP contribution in [0.25, 0.3) is 0 Å². The number of nitrogens with two attached hydrogens (primary N) is 1. The van der Waals surface area contributed by atoms with Crippen molar-refractivity contribution in [1.29, 1.82) is 0 Å². The summed E-state index contributed by atoms with van der Waals surface area (Å²) in [5, 5.41) is 12.9. The lowest BCUT2D eigenvalue weighted by Crippen LogP contribution is -2.41. The lowest BCUT2D eigenvalue weighted by atomic mass is 9.93. The van der Waals surface area contributed by atoms with Crippen LogP contribution < -0.4 is 11.1 Å². The second-order valence-corrected chi connectivity index (χ2v) is 6.02. The molecule has 0 aliphatic rings. The zero-order valence-corrected chi connectivity index (χ0v) is 12.6. The van der Waals surface area contributed by atoms with Crippen molar-refractivity contribution >= 4 is 11.6 Å². The zero-order chi connectivity index (χ0) is 14.7. The van der Waals surface area contributed by atoms with Crippen molar-refractivity contribution in [2.45, 2.75) is 58.4 Å². The van der Waals surface area contributed by atoms with Gasteiger partial charge in [0.05, 0.1) is 12.1 Å². The molecule has 108 valence electrons. The van der Waals surface area contributed by atoms with Crippen molar-refractivity contribution in [1.82, 2.24) is 9.97 Å². The van der Waals surface area contributed by atoms with E-state index >= 15 is 0 Å². The number of nitrogen functional groups attached to an aromatic ring is 1. The van der Waals surface area contributed by atoms with Gasteiger partial charge in [-0.3, -0.25) is 0 Å². The fourth-order valence-electron chi connectivity index (χ4n) is 1.83. The molecule has 0 unspecified atom stereocenters. The van der Waals surface area contributed by atoms with Crippen LogP contribution >= 0.6 is 0 Å². The van der Waals surface area contributed by atoms with Gasteiger partial charge < -0.3 is 16.2 Å². The molecule has 1 heterocycles. The van der Waals surface area contributed by atoms with Crippen LogP contribution in [0.5, 0.6) is 0 Å². The summed E-state index contributed by atoms with van der Waals surface area (Å²) in [4.78, 5) is 8.80. The van der Waals surface area contributed by atoms with Crippen LogP contribution in [0.3, 0.4) is 0 Å². The molecule has 1 aromatic rings. The van der Waals surface area contributed by atoms with Gasteiger partial charge in [-0.1, -0.05) is 34.6 Å². The van der Waals surface area contributed by atoms with Gasteiger partial charge in [-0.2, -0.15) is 0 Å². The first-order valence-electron chi connectivity index (χ1n) is 6.80. The maximum Gasteiger partial charge on any atom is 0.138 e. The lowest BCUT2D eigenvalue weighted by Gasteiger charge is -2.32. The molecule has 0 saturated carbocycles. The third-order valence-electron chi connectivity index (χ3n) is 3.47. The van der Waals surface area contributed by atoms with Crippen molar-refractivity contribution in [3.05, 3.63) is 11.9 Å². The normalized spacial score (nSPS) is 12.5. The fraction of sp³-hybridized carbons (Fsp3) is 0.714. The maximum atomic E-state index is 9.60. The second kappa shape index (κ2) is 5.74. The molecule has 0 aliphatic carbocycles. The number of aromatic nitrogens is 2. The Kier molecular flexibility index (Phi) is 4.74. The van der Waals surface area contributed by atoms with E-state index in [1.165, 1.54) is 0 Å². The molecule has 0 amide bonds. The summed E-state index contributed by atoms with van der Waals surface area (Å²) in [7, 11) is 0. The highest BCUT2D eigenvalue weighted by Crippen LogP contribution is 2.25. The van der Waals surface area contributed by atoms with Gasteiger partial charge in [0.2, 0.25) is 0 Å². The molecule has 0 radical (unpaired) electrons. The summed E-state index contributed by atoms with van der Waals surface area (Å²) >= 11 is 0. The molecule has 0 bridgehead atoms. The van der Waals surface area contributed by atoms with Gasteiger partial charge in [0.25, 0.3) is 0 Å². The molecule has 0 atom stereocenters. The molecule has 0 aromatic carbocycles. The number of nitrogens with zero attached hydrogens (tertiary/aromatic N) is 2. The average Bonchev–Trinajstić information content (AvgIpc) is 2.34. The zero-order valence-electron chi connectivity index (χ0n) is 12.6. The van der Waals surface area contributed by atoms with E-state index < -0.39 is 0 Å².